The van der Waals surface area contributed by atoms with Crippen molar-refractivity contribution in [2.45, 2.75) is 31.5 Å². The predicted octanol–water partition coefficient (Wildman–Crippen LogP) is 4.86. The van der Waals surface area contributed by atoms with Gasteiger partial charge in [0.1, 0.15) is 6.04 Å². The molecule has 8 heteroatoms. The molecule has 5 nitrogen and oxygen atoms in total. The number of alkyl halides is 3. The van der Waals surface area contributed by atoms with Gasteiger partial charge in [-0.25, -0.2) is 0 Å². The van der Waals surface area contributed by atoms with Crippen LogP contribution in [-0.4, -0.2) is 27.5 Å². The number of likely N-dealkylation sites (tertiary alicyclic amines) is 1. The maximum atomic E-state index is 12.7. The van der Waals surface area contributed by atoms with Crippen LogP contribution in [0.5, 0.6) is 0 Å². The molecule has 3 aromatic rings. The Bertz CT molecular complexity index is 1110. The summed E-state index contributed by atoms with van der Waals surface area (Å²) in [5, 5.41) is 4.03. The molecule has 158 valence electrons. The van der Waals surface area contributed by atoms with Crippen molar-refractivity contribution in [3.63, 3.8) is 0 Å². The molecule has 0 aliphatic carbocycles. The summed E-state index contributed by atoms with van der Waals surface area (Å²) >= 11 is 0. The number of nitrogens with zero attached hydrogens (tertiary/aromatic N) is 3. The van der Waals surface area contributed by atoms with Crippen molar-refractivity contribution in [2.24, 2.45) is 0 Å². The molecule has 1 unspecified atom stereocenters. The third-order valence-electron chi connectivity index (χ3n) is 5.05. The second-order valence-electron chi connectivity index (χ2n) is 7.16. The topological polar surface area (TPSA) is 59.2 Å². The molecular weight excluding hydrogens is 407 g/mol. The number of benzene rings is 2. The number of carbonyl (C=O) groups is 1. The second kappa shape index (κ2) is 8.64. The summed E-state index contributed by atoms with van der Waals surface area (Å²) < 4.78 is 43.5. The molecule has 1 atom stereocenters. The Morgan fingerprint density at radius 2 is 1.81 bits per heavy atom. The Hall–Kier alpha value is -3.60. The van der Waals surface area contributed by atoms with E-state index in [9.17, 15) is 18.0 Å². The van der Waals surface area contributed by atoms with Crippen molar-refractivity contribution in [3.05, 3.63) is 71.6 Å². The Morgan fingerprint density at radius 3 is 2.52 bits per heavy atom. The molecule has 2 heterocycles. The maximum absolute atomic E-state index is 12.7. The highest BCUT2D eigenvalue weighted by Crippen LogP contribution is 2.31. The van der Waals surface area contributed by atoms with Crippen molar-refractivity contribution in [2.75, 3.05) is 6.54 Å². The minimum absolute atomic E-state index is 0.332. The van der Waals surface area contributed by atoms with Crippen LogP contribution in [0.25, 0.3) is 11.4 Å². The van der Waals surface area contributed by atoms with Gasteiger partial charge in [0.05, 0.1) is 5.56 Å². The molecule has 2 aromatic carbocycles. The van der Waals surface area contributed by atoms with Crippen LogP contribution < -0.4 is 0 Å². The van der Waals surface area contributed by atoms with Gasteiger partial charge in [0, 0.05) is 23.6 Å². The zero-order valence-corrected chi connectivity index (χ0v) is 16.4. The number of carbonyl (C=O) groups excluding carboxylic acids is 1. The molecule has 1 aliphatic heterocycles. The van der Waals surface area contributed by atoms with E-state index in [1.807, 2.05) is 30.3 Å². The summed E-state index contributed by atoms with van der Waals surface area (Å²) in [5.41, 5.74) is 0.387. The van der Waals surface area contributed by atoms with Gasteiger partial charge in [0.2, 0.25) is 11.7 Å². The molecule has 1 saturated heterocycles. The molecule has 0 saturated carbocycles. The fourth-order valence-electron chi connectivity index (χ4n) is 3.45. The van der Waals surface area contributed by atoms with Gasteiger partial charge < -0.3 is 9.42 Å². The van der Waals surface area contributed by atoms with Crippen molar-refractivity contribution in [1.29, 1.82) is 0 Å². The summed E-state index contributed by atoms with van der Waals surface area (Å²) in [7, 11) is 0. The first kappa shape index (κ1) is 20.7. The van der Waals surface area contributed by atoms with Crippen LogP contribution in [0.2, 0.25) is 0 Å². The van der Waals surface area contributed by atoms with Gasteiger partial charge in [-0.1, -0.05) is 41.4 Å². The first-order chi connectivity index (χ1) is 14.9. The number of amides is 1. The smallest absolute Gasteiger partial charge is 0.337 e. The third-order valence-corrected chi connectivity index (χ3v) is 5.05. The predicted molar refractivity (Wildman–Crippen MR) is 106 cm³/mol. The van der Waals surface area contributed by atoms with E-state index < -0.39 is 17.6 Å². The lowest BCUT2D eigenvalue weighted by molar-refractivity contribution is -0.137. The third kappa shape index (κ3) is 4.77. The van der Waals surface area contributed by atoms with E-state index in [4.69, 9.17) is 4.52 Å². The zero-order valence-electron chi connectivity index (χ0n) is 16.4. The van der Waals surface area contributed by atoms with Gasteiger partial charge in [-0.2, -0.15) is 18.2 Å². The molecule has 1 amide bonds. The van der Waals surface area contributed by atoms with Crippen molar-refractivity contribution in [1.82, 2.24) is 15.0 Å². The molecule has 1 aliphatic rings. The average molecular weight is 425 g/mol. The van der Waals surface area contributed by atoms with Crippen molar-refractivity contribution in [3.8, 4) is 23.2 Å². The van der Waals surface area contributed by atoms with Crippen LogP contribution in [0.15, 0.2) is 59.1 Å². The Morgan fingerprint density at radius 1 is 1.06 bits per heavy atom. The summed E-state index contributed by atoms with van der Waals surface area (Å²) in [6, 6.07) is 13.4. The van der Waals surface area contributed by atoms with E-state index in [-0.39, 0.29) is 6.04 Å². The van der Waals surface area contributed by atoms with E-state index >= 15 is 0 Å². The van der Waals surface area contributed by atoms with E-state index in [2.05, 4.69) is 22.0 Å². The van der Waals surface area contributed by atoms with Crippen molar-refractivity contribution < 1.29 is 22.5 Å². The number of aromatic nitrogens is 2. The van der Waals surface area contributed by atoms with E-state index in [1.165, 1.54) is 12.1 Å². The molecular formula is C23H18F3N3O2. The van der Waals surface area contributed by atoms with Crippen LogP contribution in [0.3, 0.4) is 0 Å². The lowest BCUT2D eigenvalue weighted by Crippen LogP contribution is -2.37. The molecule has 0 spiro atoms. The fourth-order valence-corrected chi connectivity index (χ4v) is 3.45. The van der Waals surface area contributed by atoms with E-state index in [0.717, 1.165) is 30.5 Å². The summed E-state index contributed by atoms with van der Waals surface area (Å²) in [6.07, 6.45) is -2.01. The van der Waals surface area contributed by atoms with Gasteiger partial charge in [0.25, 0.3) is 5.91 Å². The molecule has 0 radical (unpaired) electrons. The highest BCUT2D eigenvalue weighted by molar-refractivity contribution is 5.94. The molecule has 0 bridgehead atoms. The second-order valence-corrected chi connectivity index (χ2v) is 7.16. The minimum Gasteiger partial charge on any atom is -0.337 e. The van der Waals surface area contributed by atoms with Gasteiger partial charge in [-0.15, -0.1) is 0 Å². The number of hydrogen-bond acceptors (Lipinski definition) is 4. The fraction of sp³-hybridized carbons (Fsp3) is 0.261. The van der Waals surface area contributed by atoms with Gasteiger partial charge in [0.15, 0.2) is 0 Å². The molecule has 1 fully saturated rings. The lowest BCUT2D eigenvalue weighted by atomic mass is 10.0. The quantitative estimate of drug-likeness (QED) is 0.550. The maximum Gasteiger partial charge on any atom is 0.416 e. The van der Waals surface area contributed by atoms with Crippen LogP contribution in [0.4, 0.5) is 13.2 Å². The summed E-state index contributed by atoms with van der Waals surface area (Å²) in [4.78, 5) is 18.8. The SMILES string of the molecule is O=C(C#Cc1ccc(C(F)(F)F)cc1)N1CCCCC1c1nc(-c2ccccc2)no1. The average Bonchev–Trinajstić information content (AvgIpc) is 3.28. The van der Waals surface area contributed by atoms with Crippen LogP contribution >= 0.6 is 0 Å². The molecule has 0 N–H and O–H groups in total. The lowest BCUT2D eigenvalue weighted by Gasteiger charge is -2.31. The number of hydrogen-bond donors (Lipinski definition) is 0. The van der Waals surface area contributed by atoms with Crippen LogP contribution in [0, 0.1) is 11.8 Å². The molecule has 1 aromatic heterocycles. The first-order valence-corrected chi connectivity index (χ1v) is 9.81. The Kier molecular flexibility index (Phi) is 5.76. The Balaban J connectivity index is 1.51. The standard InChI is InChI=1S/C23H18F3N3O2/c24-23(25,26)18-12-9-16(10-13-18)11-14-20(30)29-15-5-4-8-19(29)22-27-21(28-31-22)17-6-2-1-3-7-17/h1-3,6-7,9-10,12-13,19H,4-5,8,15H2. The van der Waals surface area contributed by atoms with Gasteiger partial charge in [-0.3, -0.25) is 4.79 Å². The van der Waals surface area contributed by atoms with E-state index in [0.29, 0.717) is 30.2 Å². The summed E-state index contributed by atoms with van der Waals surface area (Å²) in [6.45, 7) is 0.494. The monoisotopic (exact) mass is 425 g/mol. The minimum atomic E-state index is -4.41. The molecule has 4 rings (SSSR count). The largest absolute Gasteiger partial charge is 0.416 e. The van der Waals surface area contributed by atoms with Gasteiger partial charge in [-0.05, 0) is 43.5 Å². The first-order valence-electron chi connectivity index (χ1n) is 9.81. The van der Waals surface area contributed by atoms with Crippen LogP contribution in [-0.2, 0) is 11.0 Å². The Labute approximate surface area is 176 Å². The number of halogens is 3. The molecule has 31 heavy (non-hydrogen) atoms. The highest BCUT2D eigenvalue weighted by atomic mass is 19.4. The number of rotatable bonds is 2. The zero-order chi connectivity index (χ0) is 21.8. The van der Waals surface area contributed by atoms with Crippen LogP contribution in [0.1, 0.15) is 42.3 Å². The number of piperidine rings is 1. The normalized spacial score (nSPS) is 16.5. The van der Waals surface area contributed by atoms with E-state index in [1.54, 1.807) is 4.90 Å². The summed E-state index contributed by atoms with van der Waals surface area (Å²) in [5.74, 6) is 5.55. The highest BCUT2D eigenvalue weighted by Gasteiger charge is 2.32. The van der Waals surface area contributed by atoms with Crippen molar-refractivity contribution >= 4 is 5.91 Å². The van der Waals surface area contributed by atoms with Gasteiger partial charge >= 0.3 is 6.18 Å².